The molecule has 1 aliphatic heterocycles. The van der Waals surface area contributed by atoms with Gasteiger partial charge in [-0.25, -0.2) is 4.98 Å². The van der Waals surface area contributed by atoms with Crippen LogP contribution in [0.25, 0.3) is 10.9 Å². The number of hydrogen-bond acceptors (Lipinski definition) is 4. The van der Waals surface area contributed by atoms with Gasteiger partial charge in [0.25, 0.3) is 0 Å². The molecule has 0 bridgehead atoms. The molecule has 0 atom stereocenters. The van der Waals surface area contributed by atoms with E-state index in [1.54, 1.807) is 0 Å². The third kappa shape index (κ3) is 3.39. The van der Waals surface area contributed by atoms with Crippen molar-refractivity contribution in [1.82, 2.24) is 9.88 Å². The van der Waals surface area contributed by atoms with E-state index in [2.05, 4.69) is 60.9 Å². The number of anilines is 1. The summed E-state index contributed by atoms with van der Waals surface area (Å²) in [5.41, 5.74) is 8.35. The first-order chi connectivity index (χ1) is 10.4. The fraction of sp³-hybridized carbons (Fsp3) is 0.500. The Hall–Kier alpha value is -1.65. The highest BCUT2D eigenvalue weighted by molar-refractivity contribution is 5.83. The zero-order valence-electron chi connectivity index (χ0n) is 13.8. The number of aryl methyl sites for hydroxylation is 1. The van der Waals surface area contributed by atoms with Crippen molar-refractivity contribution in [3.63, 3.8) is 0 Å². The number of pyridine rings is 1. The maximum atomic E-state index is 6.12. The second-order valence-electron chi connectivity index (χ2n) is 7.07. The number of aromatic nitrogens is 1. The van der Waals surface area contributed by atoms with Gasteiger partial charge in [0.1, 0.15) is 5.82 Å². The molecule has 1 aliphatic rings. The lowest BCUT2D eigenvalue weighted by Gasteiger charge is -2.38. The van der Waals surface area contributed by atoms with Gasteiger partial charge in [-0.1, -0.05) is 18.2 Å². The lowest BCUT2D eigenvalue weighted by atomic mass is 10.1. The number of nitrogens with two attached hydrogens (primary N) is 1. The van der Waals surface area contributed by atoms with Crippen molar-refractivity contribution in [2.75, 3.05) is 37.6 Å². The van der Waals surface area contributed by atoms with Crippen LogP contribution in [0.3, 0.4) is 0 Å². The Labute approximate surface area is 132 Å². The molecule has 0 unspecified atom stereocenters. The van der Waals surface area contributed by atoms with Gasteiger partial charge in [-0.2, -0.15) is 0 Å². The second kappa shape index (κ2) is 5.86. The molecule has 1 fully saturated rings. The molecule has 1 aromatic heterocycles. The van der Waals surface area contributed by atoms with Crippen molar-refractivity contribution in [1.29, 1.82) is 0 Å². The van der Waals surface area contributed by atoms with Crippen LogP contribution >= 0.6 is 0 Å². The molecule has 2 heterocycles. The lowest BCUT2D eigenvalue weighted by molar-refractivity contribution is 0.214. The number of fused-ring (bicyclic) bond motifs is 1. The Kier molecular flexibility index (Phi) is 4.06. The number of benzene rings is 1. The smallest absolute Gasteiger partial charge is 0.129 e. The molecule has 1 aromatic carbocycles. The molecule has 118 valence electrons. The Bertz CT molecular complexity index is 652. The molecule has 22 heavy (non-hydrogen) atoms. The van der Waals surface area contributed by atoms with Crippen LogP contribution in [0.4, 0.5) is 5.82 Å². The third-order valence-electron chi connectivity index (χ3n) is 4.23. The number of hydrogen-bond donors (Lipinski definition) is 1. The number of piperazine rings is 1. The van der Waals surface area contributed by atoms with Gasteiger partial charge in [0.2, 0.25) is 0 Å². The fourth-order valence-electron chi connectivity index (χ4n) is 3.17. The molecule has 3 rings (SSSR count). The fourth-order valence-corrected chi connectivity index (χ4v) is 3.17. The van der Waals surface area contributed by atoms with E-state index >= 15 is 0 Å². The van der Waals surface area contributed by atoms with Crippen molar-refractivity contribution < 1.29 is 0 Å². The number of rotatable bonds is 3. The molecule has 0 spiro atoms. The maximum absolute atomic E-state index is 6.12. The van der Waals surface area contributed by atoms with E-state index in [0.717, 1.165) is 44.1 Å². The second-order valence-corrected chi connectivity index (χ2v) is 7.07. The largest absolute Gasteiger partial charge is 0.354 e. The summed E-state index contributed by atoms with van der Waals surface area (Å²) in [5.74, 6) is 1.09. The van der Waals surface area contributed by atoms with Crippen molar-refractivity contribution >= 4 is 16.7 Å². The summed E-state index contributed by atoms with van der Waals surface area (Å²) in [6.07, 6.45) is 0. The van der Waals surface area contributed by atoms with E-state index in [0.29, 0.717) is 0 Å². The topological polar surface area (TPSA) is 45.4 Å². The van der Waals surface area contributed by atoms with Crippen LogP contribution < -0.4 is 10.6 Å². The highest BCUT2D eigenvalue weighted by Crippen LogP contribution is 2.21. The molecule has 1 saturated heterocycles. The minimum absolute atomic E-state index is 0.125. The van der Waals surface area contributed by atoms with Crippen LogP contribution in [-0.4, -0.2) is 48.1 Å². The van der Waals surface area contributed by atoms with E-state index in [1.165, 1.54) is 10.9 Å². The molecule has 0 amide bonds. The maximum Gasteiger partial charge on any atom is 0.129 e. The first-order valence-corrected chi connectivity index (χ1v) is 8.05. The summed E-state index contributed by atoms with van der Waals surface area (Å²) in [6.45, 7) is 11.4. The van der Waals surface area contributed by atoms with E-state index in [4.69, 9.17) is 10.7 Å². The Morgan fingerprint density at radius 3 is 2.50 bits per heavy atom. The summed E-state index contributed by atoms with van der Waals surface area (Å²) < 4.78 is 0. The average molecular weight is 298 g/mol. The highest BCUT2D eigenvalue weighted by atomic mass is 15.3. The summed E-state index contributed by atoms with van der Waals surface area (Å²) >= 11 is 0. The zero-order chi connectivity index (χ0) is 15.7. The van der Waals surface area contributed by atoms with Crippen LogP contribution in [0.5, 0.6) is 0 Å². The Balaban J connectivity index is 1.72. The Morgan fingerprint density at radius 2 is 1.82 bits per heavy atom. The van der Waals surface area contributed by atoms with Crippen LogP contribution in [0.15, 0.2) is 30.3 Å². The van der Waals surface area contributed by atoms with Crippen LogP contribution in [0, 0.1) is 6.92 Å². The van der Waals surface area contributed by atoms with Gasteiger partial charge >= 0.3 is 0 Å². The van der Waals surface area contributed by atoms with Gasteiger partial charge in [-0.05, 0) is 38.5 Å². The summed E-state index contributed by atoms with van der Waals surface area (Å²) in [5, 5.41) is 1.22. The molecular weight excluding hydrogens is 272 g/mol. The Morgan fingerprint density at radius 1 is 1.09 bits per heavy atom. The van der Waals surface area contributed by atoms with Crippen LogP contribution in [0.1, 0.15) is 19.4 Å². The third-order valence-corrected chi connectivity index (χ3v) is 4.23. The van der Waals surface area contributed by atoms with Gasteiger partial charge in [0.15, 0.2) is 0 Å². The molecule has 0 saturated carbocycles. The quantitative estimate of drug-likeness (QED) is 0.945. The van der Waals surface area contributed by atoms with Gasteiger partial charge in [-0.3, -0.25) is 4.90 Å². The first-order valence-electron chi connectivity index (χ1n) is 8.05. The van der Waals surface area contributed by atoms with Gasteiger partial charge < -0.3 is 10.6 Å². The predicted molar refractivity (Wildman–Crippen MR) is 93.4 cm³/mol. The van der Waals surface area contributed by atoms with E-state index in [-0.39, 0.29) is 5.54 Å². The monoisotopic (exact) mass is 298 g/mol. The molecule has 2 N–H and O–H groups in total. The summed E-state index contributed by atoms with van der Waals surface area (Å²) in [4.78, 5) is 9.71. The van der Waals surface area contributed by atoms with Crippen molar-refractivity contribution in [3.05, 3.63) is 35.9 Å². The number of nitrogens with zero attached hydrogens (tertiary/aromatic N) is 3. The van der Waals surface area contributed by atoms with Gasteiger partial charge in [0.05, 0.1) is 5.52 Å². The van der Waals surface area contributed by atoms with Gasteiger partial charge in [0, 0.05) is 43.6 Å². The minimum atomic E-state index is -0.125. The lowest BCUT2D eigenvalue weighted by Crippen LogP contribution is -2.53. The minimum Gasteiger partial charge on any atom is -0.354 e. The zero-order valence-corrected chi connectivity index (χ0v) is 13.8. The molecule has 0 radical (unpaired) electrons. The molecule has 4 nitrogen and oxygen atoms in total. The summed E-state index contributed by atoms with van der Waals surface area (Å²) in [6, 6.07) is 10.7. The van der Waals surface area contributed by atoms with Crippen molar-refractivity contribution in [2.24, 2.45) is 5.73 Å². The average Bonchev–Trinajstić information content (AvgIpc) is 2.47. The van der Waals surface area contributed by atoms with E-state index in [1.807, 2.05) is 0 Å². The van der Waals surface area contributed by atoms with Crippen LogP contribution in [0.2, 0.25) is 0 Å². The molecule has 0 aliphatic carbocycles. The standard InChI is InChI=1S/C18H26N4/c1-14-5-4-6-15-7-8-16(20-17(14)15)22-11-9-21(10-12-22)13-18(2,3)19/h4-8H,9-13,19H2,1-3H3. The van der Waals surface area contributed by atoms with Crippen LogP contribution in [-0.2, 0) is 0 Å². The normalized spacial score (nSPS) is 17.2. The number of para-hydroxylation sites is 1. The molecule has 4 heteroatoms. The highest BCUT2D eigenvalue weighted by Gasteiger charge is 2.22. The SMILES string of the molecule is Cc1cccc2ccc(N3CCN(CC(C)(C)N)CC3)nc12. The van der Waals surface area contributed by atoms with Crippen molar-refractivity contribution in [2.45, 2.75) is 26.3 Å². The van der Waals surface area contributed by atoms with E-state index in [9.17, 15) is 0 Å². The predicted octanol–water partition coefficient (Wildman–Crippen LogP) is 2.40. The summed E-state index contributed by atoms with van der Waals surface area (Å²) in [7, 11) is 0. The van der Waals surface area contributed by atoms with Crippen molar-refractivity contribution in [3.8, 4) is 0 Å². The first kappa shape index (κ1) is 15.3. The van der Waals surface area contributed by atoms with E-state index < -0.39 is 0 Å². The molecule has 2 aromatic rings. The van der Waals surface area contributed by atoms with Gasteiger partial charge in [-0.15, -0.1) is 0 Å². The molecular formula is C18H26N4.